The van der Waals surface area contributed by atoms with E-state index in [1.807, 2.05) is 36.9 Å². The van der Waals surface area contributed by atoms with E-state index < -0.39 is 0 Å². The van der Waals surface area contributed by atoms with Gasteiger partial charge in [0, 0.05) is 24.1 Å². The second kappa shape index (κ2) is 5.35. The van der Waals surface area contributed by atoms with Gasteiger partial charge < -0.3 is 10.5 Å². The fourth-order valence-electron chi connectivity index (χ4n) is 1.78. The number of methoxy groups -OCH3 is 1. The van der Waals surface area contributed by atoms with E-state index in [9.17, 15) is 0 Å². The molecule has 0 aliphatic rings. The molecule has 2 aromatic rings. The first kappa shape index (κ1) is 12.8. The number of anilines is 1. The van der Waals surface area contributed by atoms with E-state index >= 15 is 0 Å². The van der Waals surface area contributed by atoms with Crippen molar-refractivity contribution < 1.29 is 4.74 Å². The van der Waals surface area contributed by atoms with E-state index in [1.165, 1.54) is 0 Å². The third-order valence-electron chi connectivity index (χ3n) is 2.64. The Hall–Kier alpha value is -1.62. The van der Waals surface area contributed by atoms with Crippen molar-refractivity contribution in [3.05, 3.63) is 35.5 Å². The summed E-state index contributed by atoms with van der Waals surface area (Å²) in [5.41, 5.74) is 8.69. The topological polar surface area (TPSA) is 53.1 Å². The number of nitrogen functional groups attached to an aromatic ring is 1. The van der Waals surface area contributed by atoms with Crippen LogP contribution in [-0.4, -0.2) is 16.9 Å². The molecule has 1 heterocycles. The lowest BCUT2D eigenvalue weighted by Crippen LogP contribution is -1.95. The summed E-state index contributed by atoms with van der Waals surface area (Å²) in [5.74, 6) is 1.68. The highest BCUT2D eigenvalue weighted by atomic mass is 32.2. The molecule has 2 rings (SSSR count). The van der Waals surface area contributed by atoms with Crippen LogP contribution < -0.4 is 10.5 Å². The van der Waals surface area contributed by atoms with Crippen molar-refractivity contribution in [2.45, 2.75) is 17.7 Å². The van der Waals surface area contributed by atoms with Crippen molar-refractivity contribution in [1.29, 1.82) is 0 Å². The van der Waals surface area contributed by atoms with Crippen LogP contribution in [0, 0.1) is 6.92 Å². The first-order valence-corrected chi connectivity index (χ1v) is 6.64. The van der Waals surface area contributed by atoms with Crippen LogP contribution in [0.1, 0.15) is 11.3 Å². The van der Waals surface area contributed by atoms with Crippen molar-refractivity contribution in [2.24, 2.45) is 7.05 Å². The van der Waals surface area contributed by atoms with Gasteiger partial charge >= 0.3 is 0 Å². The number of rotatable bonds is 4. The number of aryl methyl sites for hydroxylation is 2. The van der Waals surface area contributed by atoms with Crippen LogP contribution in [0.3, 0.4) is 0 Å². The number of nitrogens with two attached hydrogens (primary N) is 1. The highest BCUT2D eigenvalue weighted by Gasteiger charge is 2.07. The van der Waals surface area contributed by atoms with E-state index in [1.54, 1.807) is 18.9 Å². The third kappa shape index (κ3) is 2.79. The molecule has 0 saturated carbocycles. The Balaban J connectivity index is 2.14. The van der Waals surface area contributed by atoms with Gasteiger partial charge in [0.15, 0.2) is 0 Å². The van der Waals surface area contributed by atoms with E-state index in [-0.39, 0.29) is 0 Å². The zero-order valence-electron chi connectivity index (χ0n) is 10.8. The van der Waals surface area contributed by atoms with E-state index in [4.69, 9.17) is 10.5 Å². The monoisotopic (exact) mass is 263 g/mol. The quantitative estimate of drug-likeness (QED) is 0.680. The molecule has 0 saturated heterocycles. The van der Waals surface area contributed by atoms with Crippen LogP contribution in [0.25, 0.3) is 0 Å². The smallest absolute Gasteiger partial charge is 0.123 e. The molecule has 0 spiro atoms. The van der Waals surface area contributed by atoms with Gasteiger partial charge in [-0.1, -0.05) is 0 Å². The highest BCUT2D eigenvalue weighted by Crippen LogP contribution is 2.29. The summed E-state index contributed by atoms with van der Waals surface area (Å²) in [4.78, 5) is 0. The molecule has 0 fully saturated rings. The van der Waals surface area contributed by atoms with Crippen LogP contribution in [0.4, 0.5) is 5.69 Å². The highest BCUT2D eigenvalue weighted by molar-refractivity contribution is 7.98. The molecule has 1 aromatic heterocycles. The Bertz CT molecular complexity index is 551. The lowest BCUT2D eigenvalue weighted by atomic mass is 10.2. The second-order valence-electron chi connectivity index (χ2n) is 4.11. The predicted octanol–water partition coefficient (Wildman–Crippen LogP) is 2.61. The lowest BCUT2D eigenvalue weighted by Gasteiger charge is -2.09. The van der Waals surface area contributed by atoms with Gasteiger partial charge in [-0.05, 0) is 31.2 Å². The Labute approximate surface area is 111 Å². The van der Waals surface area contributed by atoms with Crippen LogP contribution >= 0.6 is 11.8 Å². The second-order valence-corrected chi connectivity index (χ2v) is 5.10. The average Bonchev–Trinajstić information content (AvgIpc) is 2.65. The normalized spacial score (nSPS) is 10.6. The van der Waals surface area contributed by atoms with Crippen molar-refractivity contribution in [3.8, 4) is 5.75 Å². The minimum absolute atomic E-state index is 0.757. The average molecular weight is 263 g/mol. The molecule has 96 valence electrons. The van der Waals surface area contributed by atoms with Gasteiger partial charge in [0.1, 0.15) is 5.75 Å². The Morgan fingerprint density at radius 1 is 1.39 bits per heavy atom. The van der Waals surface area contributed by atoms with Gasteiger partial charge in [-0.25, -0.2) is 0 Å². The lowest BCUT2D eigenvalue weighted by molar-refractivity contribution is 0.411. The zero-order chi connectivity index (χ0) is 13.1. The number of benzene rings is 1. The number of thioether (sulfide) groups is 1. The fourth-order valence-corrected chi connectivity index (χ4v) is 2.80. The maximum absolute atomic E-state index is 5.80. The molecule has 2 N–H and O–H groups in total. The summed E-state index contributed by atoms with van der Waals surface area (Å²) in [7, 11) is 3.62. The van der Waals surface area contributed by atoms with E-state index in [0.29, 0.717) is 0 Å². The molecule has 1 aromatic carbocycles. The van der Waals surface area contributed by atoms with Crippen LogP contribution in [-0.2, 0) is 12.8 Å². The van der Waals surface area contributed by atoms with Gasteiger partial charge in [0.25, 0.3) is 0 Å². The largest absolute Gasteiger partial charge is 0.496 e. The summed E-state index contributed by atoms with van der Waals surface area (Å²) in [6.07, 6.45) is 0. The molecule has 0 aliphatic carbocycles. The SMILES string of the molecule is COc1ccc(N)cc1CSc1cc(C)nn1C. The number of aromatic nitrogens is 2. The van der Waals surface area contributed by atoms with Crippen molar-refractivity contribution >= 4 is 17.4 Å². The Kier molecular flexibility index (Phi) is 3.81. The van der Waals surface area contributed by atoms with Crippen molar-refractivity contribution in [1.82, 2.24) is 9.78 Å². The number of hydrogen-bond acceptors (Lipinski definition) is 4. The Morgan fingerprint density at radius 2 is 2.17 bits per heavy atom. The summed E-state index contributed by atoms with van der Waals surface area (Å²) < 4.78 is 7.22. The fraction of sp³-hybridized carbons (Fsp3) is 0.308. The molecule has 0 amide bonds. The van der Waals surface area contributed by atoms with E-state index in [2.05, 4.69) is 11.2 Å². The summed E-state index contributed by atoms with van der Waals surface area (Å²) >= 11 is 1.72. The van der Waals surface area contributed by atoms with Crippen LogP contribution in [0.15, 0.2) is 29.3 Å². The molecule has 0 atom stereocenters. The minimum atomic E-state index is 0.757. The molecular formula is C13H17N3OS. The number of ether oxygens (including phenoxy) is 1. The Morgan fingerprint density at radius 3 is 2.78 bits per heavy atom. The molecule has 18 heavy (non-hydrogen) atoms. The van der Waals surface area contributed by atoms with Crippen LogP contribution in [0.2, 0.25) is 0 Å². The molecule has 0 bridgehead atoms. The summed E-state index contributed by atoms with van der Waals surface area (Å²) in [5, 5.41) is 5.46. The number of nitrogens with zero attached hydrogens (tertiary/aromatic N) is 2. The van der Waals surface area contributed by atoms with Crippen LogP contribution in [0.5, 0.6) is 5.75 Å². The predicted molar refractivity (Wildman–Crippen MR) is 74.9 cm³/mol. The standard InChI is InChI=1S/C13H17N3OS/c1-9-6-13(16(2)15-9)18-8-10-7-11(14)4-5-12(10)17-3/h4-7H,8,14H2,1-3H3. The first-order chi connectivity index (χ1) is 8.60. The van der Waals surface area contributed by atoms with Gasteiger partial charge in [0.05, 0.1) is 17.8 Å². The maximum Gasteiger partial charge on any atom is 0.123 e. The van der Waals surface area contributed by atoms with Gasteiger partial charge in [-0.15, -0.1) is 11.8 Å². The van der Waals surface area contributed by atoms with E-state index in [0.717, 1.165) is 33.5 Å². The third-order valence-corrected chi connectivity index (χ3v) is 3.77. The first-order valence-electron chi connectivity index (χ1n) is 5.66. The van der Waals surface area contributed by atoms with Gasteiger partial charge in [-0.3, -0.25) is 4.68 Å². The molecule has 5 heteroatoms. The van der Waals surface area contributed by atoms with Crippen molar-refractivity contribution in [2.75, 3.05) is 12.8 Å². The maximum atomic E-state index is 5.80. The molecule has 0 radical (unpaired) electrons. The van der Waals surface area contributed by atoms with Gasteiger partial charge in [-0.2, -0.15) is 5.10 Å². The van der Waals surface area contributed by atoms with Gasteiger partial charge in [0.2, 0.25) is 0 Å². The summed E-state index contributed by atoms with van der Waals surface area (Å²) in [6, 6.07) is 7.78. The molecule has 0 aliphatic heterocycles. The van der Waals surface area contributed by atoms with Crippen molar-refractivity contribution in [3.63, 3.8) is 0 Å². The minimum Gasteiger partial charge on any atom is -0.496 e. The molecular weight excluding hydrogens is 246 g/mol. The molecule has 4 nitrogen and oxygen atoms in total. The number of hydrogen-bond donors (Lipinski definition) is 1. The molecule has 0 unspecified atom stereocenters. The zero-order valence-corrected chi connectivity index (χ0v) is 11.6. The summed E-state index contributed by atoms with van der Waals surface area (Å²) in [6.45, 7) is 1.99.